The van der Waals surface area contributed by atoms with Gasteiger partial charge in [0.05, 0.1) is 22.7 Å². The Morgan fingerprint density at radius 3 is 1.30 bits per heavy atom. The Hall–Kier alpha value is -3.50. The SMILES string of the molecule is [B]1N(C=CN2[B]N(c3ccccn3)c3ccccc32)c2ccccc2N1c1ccccn1.[Pt]. The number of benzene rings is 2. The van der Waals surface area contributed by atoms with Gasteiger partial charge < -0.3 is 19.2 Å². The number of hydrogen-bond donors (Lipinski definition) is 0. The van der Waals surface area contributed by atoms with Gasteiger partial charge in [-0.25, -0.2) is 9.97 Å². The molecule has 33 heavy (non-hydrogen) atoms. The summed E-state index contributed by atoms with van der Waals surface area (Å²) < 4.78 is 0. The second-order valence-corrected chi connectivity index (χ2v) is 7.44. The molecular formula is C24H18B2N6Pt. The second-order valence-electron chi connectivity index (χ2n) is 7.44. The van der Waals surface area contributed by atoms with E-state index in [1.54, 1.807) is 0 Å². The maximum absolute atomic E-state index is 4.52. The van der Waals surface area contributed by atoms with E-state index in [1.165, 1.54) is 0 Å². The summed E-state index contributed by atoms with van der Waals surface area (Å²) in [6.45, 7) is 0. The van der Waals surface area contributed by atoms with Crippen molar-refractivity contribution in [2.75, 3.05) is 19.2 Å². The largest absolute Gasteiger partial charge is 0.402 e. The van der Waals surface area contributed by atoms with Crippen molar-refractivity contribution in [2.45, 2.75) is 0 Å². The summed E-state index contributed by atoms with van der Waals surface area (Å²) in [5, 5.41) is 0. The maximum Gasteiger partial charge on any atom is 0.402 e. The molecule has 0 spiro atoms. The minimum Gasteiger partial charge on any atom is -0.372 e. The minimum atomic E-state index is 0. The quantitative estimate of drug-likeness (QED) is 0.316. The van der Waals surface area contributed by atoms with E-state index >= 15 is 0 Å². The third-order valence-corrected chi connectivity index (χ3v) is 5.50. The first-order chi connectivity index (χ1) is 15.9. The predicted molar refractivity (Wildman–Crippen MR) is 131 cm³/mol. The third kappa shape index (κ3) is 3.91. The topological polar surface area (TPSA) is 38.7 Å². The van der Waals surface area contributed by atoms with Gasteiger partial charge in [-0.2, -0.15) is 0 Å². The minimum absolute atomic E-state index is 0. The van der Waals surface area contributed by atoms with E-state index in [4.69, 9.17) is 0 Å². The van der Waals surface area contributed by atoms with E-state index in [0.29, 0.717) is 0 Å². The van der Waals surface area contributed by atoms with Crippen LogP contribution >= 0.6 is 0 Å². The number of nitrogens with zero attached hydrogens (tertiary/aromatic N) is 6. The van der Waals surface area contributed by atoms with Gasteiger partial charge in [-0.1, -0.05) is 36.4 Å². The molecule has 0 bridgehead atoms. The summed E-state index contributed by atoms with van der Waals surface area (Å²) in [5.74, 6) is 1.77. The number of para-hydroxylation sites is 4. The number of anilines is 6. The summed E-state index contributed by atoms with van der Waals surface area (Å²) in [6.07, 6.45) is 7.76. The molecule has 0 N–H and O–H groups in total. The van der Waals surface area contributed by atoms with Crippen LogP contribution in [0.5, 0.6) is 0 Å². The van der Waals surface area contributed by atoms with Crippen LogP contribution in [0.3, 0.4) is 0 Å². The number of aromatic nitrogens is 2. The normalized spacial score (nSPS) is 13.9. The first-order valence-electron chi connectivity index (χ1n) is 10.4. The Bertz CT molecular complexity index is 1180. The van der Waals surface area contributed by atoms with Crippen molar-refractivity contribution in [3.8, 4) is 0 Å². The summed E-state index contributed by atoms with van der Waals surface area (Å²) in [6, 6.07) is 28.5. The van der Waals surface area contributed by atoms with Gasteiger partial charge in [-0.15, -0.1) is 0 Å². The summed E-state index contributed by atoms with van der Waals surface area (Å²) in [4.78, 5) is 17.5. The number of fused-ring (bicyclic) bond motifs is 2. The molecule has 160 valence electrons. The molecule has 0 saturated carbocycles. The average Bonchev–Trinajstić information content (AvgIpc) is 3.43. The van der Waals surface area contributed by atoms with Gasteiger partial charge in [0.2, 0.25) is 0 Å². The van der Waals surface area contributed by atoms with Crippen LogP contribution < -0.4 is 19.2 Å². The van der Waals surface area contributed by atoms with E-state index < -0.39 is 0 Å². The van der Waals surface area contributed by atoms with Crippen LogP contribution in [0.15, 0.2) is 110 Å². The number of pyridine rings is 2. The van der Waals surface area contributed by atoms with Crippen LogP contribution in [0, 0.1) is 0 Å². The first-order valence-corrected chi connectivity index (χ1v) is 10.4. The maximum atomic E-state index is 4.52. The molecule has 6 nitrogen and oxygen atoms in total. The molecule has 0 aliphatic carbocycles. The van der Waals surface area contributed by atoms with E-state index in [9.17, 15) is 0 Å². The molecule has 2 aliphatic rings. The molecule has 0 saturated heterocycles. The molecule has 0 unspecified atom stereocenters. The van der Waals surface area contributed by atoms with Crippen LogP contribution in [0.4, 0.5) is 34.4 Å². The van der Waals surface area contributed by atoms with Gasteiger partial charge in [-0.3, -0.25) is 0 Å². The molecule has 2 radical (unpaired) electrons. The Labute approximate surface area is 209 Å². The molecule has 0 fully saturated rings. The molecule has 2 aromatic carbocycles. The zero-order valence-corrected chi connectivity index (χ0v) is 19.8. The van der Waals surface area contributed by atoms with E-state index in [1.807, 2.05) is 60.9 Å². The molecule has 2 aromatic heterocycles. The Balaban J connectivity index is 0.00000228. The monoisotopic (exact) mass is 607 g/mol. The number of rotatable bonds is 4. The zero-order chi connectivity index (χ0) is 21.3. The fourth-order valence-electron chi connectivity index (χ4n) is 4.01. The van der Waals surface area contributed by atoms with Crippen LogP contribution in [-0.2, 0) is 21.1 Å². The fourth-order valence-corrected chi connectivity index (χ4v) is 4.01. The fraction of sp³-hybridized carbons (Fsp3) is 0. The molecular weight excluding hydrogens is 589 g/mol. The number of hydrogen-bond acceptors (Lipinski definition) is 6. The van der Waals surface area contributed by atoms with Gasteiger partial charge in [0.1, 0.15) is 11.6 Å². The van der Waals surface area contributed by atoms with Crippen molar-refractivity contribution >= 4 is 49.5 Å². The molecule has 0 atom stereocenters. The van der Waals surface area contributed by atoms with Gasteiger partial charge >= 0.3 is 15.1 Å². The molecule has 4 aromatic rings. The molecule has 0 amide bonds. The van der Waals surface area contributed by atoms with E-state index in [2.05, 4.69) is 93.1 Å². The summed E-state index contributed by atoms with van der Waals surface area (Å²) in [5.41, 5.74) is 4.39. The molecule has 2 aliphatic heterocycles. The summed E-state index contributed by atoms with van der Waals surface area (Å²) >= 11 is 0. The Morgan fingerprint density at radius 2 is 0.909 bits per heavy atom. The van der Waals surface area contributed by atoms with Crippen LogP contribution in [0.1, 0.15) is 0 Å². The van der Waals surface area contributed by atoms with Crippen molar-refractivity contribution in [1.29, 1.82) is 0 Å². The van der Waals surface area contributed by atoms with Gasteiger partial charge in [0.25, 0.3) is 0 Å². The van der Waals surface area contributed by atoms with Crippen molar-refractivity contribution in [3.05, 3.63) is 110 Å². The van der Waals surface area contributed by atoms with E-state index in [-0.39, 0.29) is 21.1 Å². The van der Waals surface area contributed by atoms with Crippen molar-refractivity contribution in [3.63, 3.8) is 0 Å². The molecule has 4 heterocycles. The third-order valence-electron chi connectivity index (χ3n) is 5.50. The average molecular weight is 607 g/mol. The molecule has 9 heteroatoms. The van der Waals surface area contributed by atoms with E-state index in [0.717, 1.165) is 34.4 Å². The Morgan fingerprint density at radius 1 is 0.515 bits per heavy atom. The van der Waals surface area contributed by atoms with Crippen molar-refractivity contribution < 1.29 is 21.1 Å². The first kappa shape index (κ1) is 21.3. The predicted octanol–water partition coefficient (Wildman–Crippen LogP) is 4.63. The summed E-state index contributed by atoms with van der Waals surface area (Å²) in [7, 11) is 4.12. The van der Waals surface area contributed by atoms with Crippen LogP contribution in [-0.4, -0.2) is 25.1 Å². The van der Waals surface area contributed by atoms with Crippen molar-refractivity contribution in [2.24, 2.45) is 0 Å². The standard InChI is InChI=1S/C24H18B2N6.Pt/c1-3-11-21-19(9-1)29(25-31(21)23-13-5-7-15-27-23)17-18-30-20-10-2-4-12-22(20)32(26-30)24-14-6-8-16-28-24;/h1-18H;. The van der Waals surface area contributed by atoms with Gasteiger partial charge in [-0.05, 0) is 48.5 Å². The Kier molecular flexibility index (Phi) is 5.93. The van der Waals surface area contributed by atoms with Crippen LogP contribution in [0.2, 0.25) is 0 Å². The van der Waals surface area contributed by atoms with Crippen LogP contribution in [0.25, 0.3) is 0 Å². The second kappa shape index (κ2) is 9.16. The van der Waals surface area contributed by atoms with Gasteiger partial charge in [0, 0.05) is 45.9 Å². The zero-order valence-electron chi connectivity index (χ0n) is 17.5. The van der Waals surface area contributed by atoms with Gasteiger partial charge in [0.15, 0.2) is 0 Å². The smallest absolute Gasteiger partial charge is 0.372 e. The van der Waals surface area contributed by atoms with Crippen molar-refractivity contribution in [1.82, 2.24) is 9.97 Å². The molecule has 6 rings (SSSR count).